The number of aromatic hydroxyl groups is 1. The summed E-state index contributed by atoms with van der Waals surface area (Å²) < 4.78 is 5.57. The molecular weight excluding hydrogens is 234 g/mol. The molecule has 3 nitrogen and oxygen atoms in total. The lowest BCUT2D eigenvalue weighted by Crippen LogP contribution is -2.15. The largest absolute Gasteiger partial charge is 0.507 e. The number of rotatable bonds is 3. The molecule has 0 aliphatic heterocycles. The Morgan fingerprint density at radius 1 is 1.62 bits per heavy atom. The lowest BCUT2D eigenvalue weighted by molar-refractivity contribution is 0.181. The molecule has 0 amide bonds. The predicted octanol–water partition coefficient (Wildman–Crippen LogP) is 1.80. The number of phenolic OH excluding ortho intramolecular Hbond substituents is 1. The minimum atomic E-state index is -0.151. The zero-order chi connectivity index (χ0) is 9.84. The first kappa shape index (κ1) is 10.5. The Kier molecular flexibility index (Phi) is 3.71. The third-order valence-electron chi connectivity index (χ3n) is 1.75. The van der Waals surface area contributed by atoms with Crippen molar-refractivity contribution in [2.45, 2.75) is 6.04 Å². The highest BCUT2D eigenvalue weighted by atomic mass is 79.9. The van der Waals surface area contributed by atoms with Gasteiger partial charge in [0.15, 0.2) is 0 Å². The van der Waals surface area contributed by atoms with E-state index in [0.29, 0.717) is 11.1 Å². The molecule has 0 saturated carbocycles. The fraction of sp³-hybridized carbons (Fsp3) is 0.333. The van der Waals surface area contributed by atoms with Crippen LogP contribution in [0.2, 0.25) is 0 Å². The van der Waals surface area contributed by atoms with Crippen molar-refractivity contribution < 1.29 is 9.84 Å². The van der Waals surface area contributed by atoms with Gasteiger partial charge in [0.25, 0.3) is 0 Å². The van der Waals surface area contributed by atoms with Crippen LogP contribution in [0.5, 0.6) is 5.75 Å². The molecule has 1 aromatic rings. The van der Waals surface area contributed by atoms with Crippen LogP contribution in [0.3, 0.4) is 0 Å². The molecule has 1 atom stereocenters. The number of hydrogen-bond donors (Lipinski definition) is 2. The first-order valence-electron chi connectivity index (χ1n) is 3.88. The molecular formula is C9H12BrNO2. The van der Waals surface area contributed by atoms with Crippen LogP contribution in [0.1, 0.15) is 11.6 Å². The molecule has 72 valence electrons. The average Bonchev–Trinajstić information content (AvgIpc) is 2.10. The molecule has 0 fully saturated rings. The fourth-order valence-electron chi connectivity index (χ4n) is 1.03. The van der Waals surface area contributed by atoms with Crippen molar-refractivity contribution in [3.05, 3.63) is 28.2 Å². The van der Waals surface area contributed by atoms with Gasteiger partial charge in [-0.1, -0.05) is 6.07 Å². The predicted molar refractivity (Wildman–Crippen MR) is 54.6 cm³/mol. The summed E-state index contributed by atoms with van der Waals surface area (Å²) in [5.41, 5.74) is 6.73. The monoisotopic (exact) mass is 245 g/mol. The van der Waals surface area contributed by atoms with Gasteiger partial charge < -0.3 is 15.6 Å². The number of nitrogens with two attached hydrogens (primary N) is 1. The van der Waals surface area contributed by atoms with E-state index in [0.717, 1.165) is 5.56 Å². The Labute approximate surface area is 85.6 Å². The minimum Gasteiger partial charge on any atom is -0.507 e. The zero-order valence-electron chi connectivity index (χ0n) is 7.33. The van der Waals surface area contributed by atoms with Gasteiger partial charge >= 0.3 is 0 Å². The maximum absolute atomic E-state index is 9.24. The van der Waals surface area contributed by atoms with Crippen LogP contribution in [0.15, 0.2) is 22.7 Å². The number of benzene rings is 1. The number of halogens is 1. The Morgan fingerprint density at radius 3 is 2.85 bits per heavy atom. The molecule has 0 aliphatic carbocycles. The maximum Gasteiger partial charge on any atom is 0.129 e. The van der Waals surface area contributed by atoms with E-state index in [1.54, 1.807) is 25.3 Å². The van der Waals surface area contributed by atoms with Crippen molar-refractivity contribution in [1.29, 1.82) is 0 Å². The summed E-state index contributed by atoms with van der Waals surface area (Å²) in [6.07, 6.45) is 0. The molecule has 1 rings (SSSR count). The van der Waals surface area contributed by atoms with Gasteiger partial charge in [-0.15, -0.1) is 0 Å². The highest BCUT2D eigenvalue weighted by molar-refractivity contribution is 9.10. The average molecular weight is 246 g/mol. The molecule has 0 bridgehead atoms. The summed E-state index contributed by atoms with van der Waals surface area (Å²) >= 11 is 3.22. The molecule has 0 radical (unpaired) electrons. The van der Waals surface area contributed by atoms with Gasteiger partial charge in [-0.3, -0.25) is 0 Å². The Bertz CT molecular complexity index is 291. The number of ether oxygens (including phenoxy) is 1. The molecule has 4 heteroatoms. The van der Waals surface area contributed by atoms with E-state index in [9.17, 15) is 5.11 Å². The molecule has 0 spiro atoms. The van der Waals surface area contributed by atoms with E-state index in [1.165, 1.54) is 0 Å². The number of methoxy groups -OCH3 is 1. The molecule has 13 heavy (non-hydrogen) atoms. The highest BCUT2D eigenvalue weighted by Gasteiger charge is 2.07. The second-order valence-electron chi connectivity index (χ2n) is 2.77. The van der Waals surface area contributed by atoms with E-state index in [-0.39, 0.29) is 11.8 Å². The summed E-state index contributed by atoms with van der Waals surface area (Å²) in [5, 5.41) is 9.24. The van der Waals surface area contributed by atoms with Crippen molar-refractivity contribution in [3.63, 3.8) is 0 Å². The molecule has 0 heterocycles. The van der Waals surface area contributed by atoms with Crippen molar-refractivity contribution in [2.24, 2.45) is 5.73 Å². The van der Waals surface area contributed by atoms with Crippen LogP contribution < -0.4 is 5.73 Å². The molecule has 1 aromatic carbocycles. The molecule has 3 N–H and O–H groups in total. The third kappa shape index (κ3) is 2.69. The van der Waals surface area contributed by atoms with E-state index < -0.39 is 0 Å². The second-order valence-corrected chi connectivity index (χ2v) is 3.63. The Morgan fingerprint density at radius 2 is 2.31 bits per heavy atom. The maximum atomic E-state index is 9.24. The van der Waals surface area contributed by atoms with Crippen molar-refractivity contribution in [1.82, 2.24) is 0 Å². The Balaban J connectivity index is 2.84. The summed E-state index contributed by atoms with van der Waals surface area (Å²) in [6.45, 7) is 0.469. The quantitative estimate of drug-likeness (QED) is 0.854. The topological polar surface area (TPSA) is 55.5 Å². The third-order valence-corrected chi connectivity index (χ3v) is 2.38. The van der Waals surface area contributed by atoms with Gasteiger partial charge in [-0.05, 0) is 33.6 Å². The van der Waals surface area contributed by atoms with Crippen LogP contribution in [-0.2, 0) is 4.74 Å². The molecule has 0 aliphatic rings. The first-order chi connectivity index (χ1) is 6.15. The van der Waals surface area contributed by atoms with Crippen molar-refractivity contribution in [3.8, 4) is 5.75 Å². The van der Waals surface area contributed by atoms with Crippen LogP contribution in [0.25, 0.3) is 0 Å². The summed E-state index contributed by atoms with van der Waals surface area (Å²) in [7, 11) is 1.61. The van der Waals surface area contributed by atoms with Gasteiger partial charge in [-0.25, -0.2) is 0 Å². The van der Waals surface area contributed by atoms with Gasteiger partial charge in [0.2, 0.25) is 0 Å². The zero-order valence-corrected chi connectivity index (χ0v) is 8.91. The van der Waals surface area contributed by atoms with Crippen LogP contribution >= 0.6 is 15.9 Å². The van der Waals surface area contributed by atoms with E-state index in [1.807, 2.05) is 0 Å². The van der Waals surface area contributed by atoms with E-state index in [4.69, 9.17) is 10.5 Å². The standard InChI is InChI=1S/C9H12BrNO2/c1-13-5-8(11)6-2-3-9(12)7(10)4-6/h2-4,8,12H,5,11H2,1H3/t8-/m1/s1. The second kappa shape index (κ2) is 4.60. The van der Waals surface area contributed by atoms with Crippen molar-refractivity contribution in [2.75, 3.05) is 13.7 Å². The molecule has 0 saturated heterocycles. The van der Waals surface area contributed by atoms with E-state index in [2.05, 4.69) is 15.9 Å². The van der Waals surface area contributed by atoms with E-state index >= 15 is 0 Å². The van der Waals surface area contributed by atoms with Gasteiger partial charge in [0.1, 0.15) is 5.75 Å². The van der Waals surface area contributed by atoms with Crippen molar-refractivity contribution >= 4 is 15.9 Å². The molecule has 0 aromatic heterocycles. The Hall–Kier alpha value is -0.580. The molecule has 0 unspecified atom stereocenters. The summed E-state index contributed by atoms with van der Waals surface area (Å²) in [6, 6.07) is 5.03. The SMILES string of the molecule is COC[C@@H](N)c1ccc(O)c(Br)c1. The lowest BCUT2D eigenvalue weighted by Gasteiger charge is -2.11. The van der Waals surface area contributed by atoms with Gasteiger partial charge in [0, 0.05) is 7.11 Å². The normalized spacial score (nSPS) is 12.8. The smallest absolute Gasteiger partial charge is 0.129 e. The summed E-state index contributed by atoms with van der Waals surface area (Å²) in [5.74, 6) is 0.216. The highest BCUT2D eigenvalue weighted by Crippen LogP contribution is 2.26. The van der Waals surface area contributed by atoms with Crippen LogP contribution in [-0.4, -0.2) is 18.8 Å². The lowest BCUT2D eigenvalue weighted by atomic mass is 10.1. The van der Waals surface area contributed by atoms with Crippen LogP contribution in [0.4, 0.5) is 0 Å². The number of hydrogen-bond acceptors (Lipinski definition) is 3. The summed E-state index contributed by atoms with van der Waals surface area (Å²) in [4.78, 5) is 0. The number of phenols is 1. The van der Waals surface area contributed by atoms with Gasteiger partial charge in [0.05, 0.1) is 17.1 Å². The first-order valence-corrected chi connectivity index (χ1v) is 4.67. The van der Waals surface area contributed by atoms with Gasteiger partial charge in [-0.2, -0.15) is 0 Å². The van der Waals surface area contributed by atoms with Crippen LogP contribution in [0, 0.1) is 0 Å². The minimum absolute atomic E-state index is 0.151. The fourth-order valence-corrected chi connectivity index (χ4v) is 1.43.